The van der Waals surface area contributed by atoms with Gasteiger partial charge in [0.1, 0.15) is 12.6 Å². The molecule has 0 aromatic carbocycles. The van der Waals surface area contributed by atoms with Crippen molar-refractivity contribution in [3.8, 4) is 0 Å². The standard InChI is InChI=1S/C12H17N3O4/c1-3-8(2)10(11(17)18)14-9(16)7-15-6-4-5-13-12(15)19/h4-6,8,10H,3,7H2,1-2H3,(H,14,16)(H,17,18)/t8-,10-/m0/s1. The molecular formula is C12H17N3O4. The van der Waals surface area contributed by atoms with E-state index in [0.717, 1.165) is 4.57 Å². The molecule has 0 saturated carbocycles. The van der Waals surface area contributed by atoms with Crippen molar-refractivity contribution in [2.45, 2.75) is 32.9 Å². The average molecular weight is 267 g/mol. The summed E-state index contributed by atoms with van der Waals surface area (Å²) in [6.45, 7) is 3.35. The second kappa shape index (κ2) is 6.67. The third kappa shape index (κ3) is 4.20. The Balaban J connectivity index is 2.71. The van der Waals surface area contributed by atoms with E-state index >= 15 is 0 Å². The Labute approximate surface area is 110 Å². The van der Waals surface area contributed by atoms with Gasteiger partial charge in [0.05, 0.1) is 0 Å². The first-order valence-corrected chi connectivity index (χ1v) is 5.99. The molecule has 0 bridgehead atoms. The number of nitrogens with one attached hydrogen (secondary N) is 1. The molecule has 0 aliphatic heterocycles. The molecule has 7 nitrogen and oxygen atoms in total. The van der Waals surface area contributed by atoms with Gasteiger partial charge in [0.15, 0.2) is 0 Å². The highest BCUT2D eigenvalue weighted by molar-refractivity contribution is 5.83. The summed E-state index contributed by atoms with van der Waals surface area (Å²) in [6.07, 6.45) is 3.38. The fraction of sp³-hybridized carbons (Fsp3) is 0.500. The first kappa shape index (κ1) is 14.9. The Morgan fingerprint density at radius 3 is 2.74 bits per heavy atom. The van der Waals surface area contributed by atoms with Gasteiger partial charge in [0.25, 0.3) is 0 Å². The number of rotatable bonds is 6. The number of carbonyl (C=O) groups excluding carboxylic acids is 1. The van der Waals surface area contributed by atoms with Crippen molar-refractivity contribution in [1.29, 1.82) is 0 Å². The quantitative estimate of drug-likeness (QED) is 0.747. The lowest BCUT2D eigenvalue weighted by Crippen LogP contribution is -2.46. The number of carboxylic acid groups (broad SMARTS) is 1. The molecule has 0 spiro atoms. The number of carbonyl (C=O) groups is 2. The number of aliphatic carboxylic acids is 1. The van der Waals surface area contributed by atoms with Crippen LogP contribution in [0.1, 0.15) is 20.3 Å². The Morgan fingerprint density at radius 1 is 1.53 bits per heavy atom. The number of hydrogen-bond donors (Lipinski definition) is 2. The summed E-state index contributed by atoms with van der Waals surface area (Å²) in [7, 11) is 0. The van der Waals surface area contributed by atoms with E-state index in [9.17, 15) is 14.4 Å². The Kier molecular flexibility index (Phi) is 5.23. The molecule has 1 heterocycles. The van der Waals surface area contributed by atoms with Crippen LogP contribution in [0.15, 0.2) is 23.3 Å². The van der Waals surface area contributed by atoms with Crippen LogP contribution >= 0.6 is 0 Å². The van der Waals surface area contributed by atoms with E-state index in [1.807, 2.05) is 6.92 Å². The summed E-state index contributed by atoms with van der Waals surface area (Å²) < 4.78 is 1.12. The first-order valence-electron chi connectivity index (χ1n) is 5.99. The molecule has 1 aromatic rings. The maximum atomic E-state index is 11.7. The summed E-state index contributed by atoms with van der Waals surface area (Å²) in [4.78, 5) is 37.6. The summed E-state index contributed by atoms with van der Waals surface area (Å²) >= 11 is 0. The van der Waals surface area contributed by atoms with Crippen molar-refractivity contribution in [3.63, 3.8) is 0 Å². The van der Waals surface area contributed by atoms with E-state index in [0.29, 0.717) is 6.42 Å². The van der Waals surface area contributed by atoms with Crippen LogP contribution in [0, 0.1) is 5.92 Å². The zero-order chi connectivity index (χ0) is 14.4. The second-order valence-electron chi connectivity index (χ2n) is 4.30. The van der Waals surface area contributed by atoms with Gasteiger partial charge in [-0.15, -0.1) is 0 Å². The molecule has 1 aromatic heterocycles. The number of amides is 1. The highest BCUT2D eigenvalue weighted by Gasteiger charge is 2.25. The molecule has 104 valence electrons. The number of aromatic nitrogens is 2. The summed E-state index contributed by atoms with van der Waals surface area (Å²) in [5.74, 6) is -1.80. The van der Waals surface area contributed by atoms with Crippen molar-refractivity contribution in [2.75, 3.05) is 0 Å². The van der Waals surface area contributed by atoms with Crippen LogP contribution in [0.5, 0.6) is 0 Å². The molecule has 0 radical (unpaired) electrons. The van der Waals surface area contributed by atoms with Gasteiger partial charge in [-0.05, 0) is 12.0 Å². The Bertz CT molecular complexity index is 512. The molecule has 2 N–H and O–H groups in total. The van der Waals surface area contributed by atoms with E-state index in [2.05, 4.69) is 10.3 Å². The molecule has 0 fully saturated rings. The molecule has 19 heavy (non-hydrogen) atoms. The normalized spacial score (nSPS) is 13.6. The molecule has 2 atom stereocenters. The van der Waals surface area contributed by atoms with Gasteiger partial charge in [-0.1, -0.05) is 20.3 Å². The summed E-state index contributed by atoms with van der Waals surface area (Å²) in [5, 5.41) is 11.5. The van der Waals surface area contributed by atoms with Crippen molar-refractivity contribution in [1.82, 2.24) is 14.9 Å². The van der Waals surface area contributed by atoms with Crippen molar-refractivity contribution in [3.05, 3.63) is 28.9 Å². The number of hydrogen-bond acceptors (Lipinski definition) is 4. The van der Waals surface area contributed by atoms with Crippen molar-refractivity contribution in [2.24, 2.45) is 5.92 Å². The third-order valence-electron chi connectivity index (χ3n) is 2.89. The predicted molar refractivity (Wildman–Crippen MR) is 67.5 cm³/mol. The van der Waals surface area contributed by atoms with Crippen LogP contribution in [-0.2, 0) is 16.1 Å². The van der Waals surface area contributed by atoms with E-state index in [4.69, 9.17) is 5.11 Å². The Hall–Kier alpha value is -2.18. The lowest BCUT2D eigenvalue weighted by Gasteiger charge is -2.20. The van der Waals surface area contributed by atoms with E-state index in [-0.39, 0.29) is 12.5 Å². The third-order valence-corrected chi connectivity index (χ3v) is 2.89. The molecule has 0 aliphatic carbocycles. The summed E-state index contributed by atoms with van der Waals surface area (Å²) in [5.41, 5.74) is -0.548. The monoisotopic (exact) mass is 267 g/mol. The fourth-order valence-electron chi connectivity index (χ4n) is 1.56. The van der Waals surface area contributed by atoms with Gasteiger partial charge in [0, 0.05) is 12.4 Å². The predicted octanol–water partition coefficient (Wildman–Crippen LogP) is -0.141. The number of carboxylic acids is 1. The van der Waals surface area contributed by atoms with Crippen LogP contribution in [0.25, 0.3) is 0 Å². The Morgan fingerprint density at radius 2 is 2.21 bits per heavy atom. The first-order chi connectivity index (χ1) is 8.95. The summed E-state index contributed by atoms with van der Waals surface area (Å²) in [6, 6.07) is 0.572. The molecule has 0 saturated heterocycles. The second-order valence-corrected chi connectivity index (χ2v) is 4.30. The minimum atomic E-state index is -1.08. The smallest absolute Gasteiger partial charge is 0.347 e. The maximum absolute atomic E-state index is 11.7. The molecule has 7 heteroatoms. The lowest BCUT2D eigenvalue weighted by molar-refractivity contribution is -0.143. The van der Waals surface area contributed by atoms with Gasteiger partial charge in [0.2, 0.25) is 5.91 Å². The van der Waals surface area contributed by atoms with Gasteiger partial charge in [-0.3, -0.25) is 9.36 Å². The average Bonchev–Trinajstić information content (AvgIpc) is 2.37. The highest BCUT2D eigenvalue weighted by Crippen LogP contribution is 2.07. The highest BCUT2D eigenvalue weighted by atomic mass is 16.4. The zero-order valence-electron chi connectivity index (χ0n) is 10.9. The molecule has 0 aliphatic rings. The van der Waals surface area contributed by atoms with Crippen LogP contribution in [0.3, 0.4) is 0 Å². The van der Waals surface area contributed by atoms with Crippen LogP contribution in [-0.4, -0.2) is 32.6 Å². The lowest BCUT2D eigenvalue weighted by atomic mass is 9.99. The minimum Gasteiger partial charge on any atom is -0.480 e. The SMILES string of the molecule is CC[C@H](C)[C@H](NC(=O)Cn1cccnc1=O)C(=O)O. The van der Waals surface area contributed by atoms with E-state index in [1.54, 1.807) is 6.92 Å². The molecule has 1 amide bonds. The molecule has 0 unspecified atom stereocenters. The topological polar surface area (TPSA) is 101 Å². The molecular weight excluding hydrogens is 250 g/mol. The minimum absolute atomic E-state index is 0.188. The van der Waals surface area contributed by atoms with Crippen LogP contribution in [0.2, 0.25) is 0 Å². The van der Waals surface area contributed by atoms with Gasteiger partial charge < -0.3 is 10.4 Å². The fourth-order valence-corrected chi connectivity index (χ4v) is 1.56. The number of nitrogens with zero attached hydrogens (tertiary/aromatic N) is 2. The van der Waals surface area contributed by atoms with Crippen molar-refractivity contribution >= 4 is 11.9 Å². The van der Waals surface area contributed by atoms with Gasteiger partial charge in [-0.25, -0.2) is 14.6 Å². The zero-order valence-corrected chi connectivity index (χ0v) is 10.9. The maximum Gasteiger partial charge on any atom is 0.347 e. The van der Waals surface area contributed by atoms with Crippen molar-refractivity contribution < 1.29 is 14.7 Å². The van der Waals surface area contributed by atoms with Gasteiger partial charge >= 0.3 is 11.7 Å². The van der Waals surface area contributed by atoms with Crippen LogP contribution < -0.4 is 11.0 Å². The van der Waals surface area contributed by atoms with Crippen LogP contribution in [0.4, 0.5) is 0 Å². The largest absolute Gasteiger partial charge is 0.480 e. The molecule has 1 rings (SSSR count). The van der Waals surface area contributed by atoms with E-state index < -0.39 is 23.6 Å². The van der Waals surface area contributed by atoms with Gasteiger partial charge in [-0.2, -0.15) is 0 Å². The van der Waals surface area contributed by atoms with E-state index in [1.165, 1.54) is 18.5 Å².